The van der Waals surface area contributed by atoms with Crippen LogP contribution >= 0.6 is 34.2 Å². The number of amides is 1. The average molecular weight is 491 g/mol. The average Bonchev–Trinajstić information content (AvgIpc) is 2.59. The highest BCUT2D eigenvalue weighted by Gasteiger charge is 2.16. The summed E-state index contributed by atoms with van der Waals surface area (Å²) in [6.07, 6.45) is 1.63. The molecule has 26 heavy (non-hydrogen) atoms. The van der Waals surface area contributed by atoms with E-state index in [1.165, 1.54) is 0 Å². The Balaban J connectivity index is 1.94. The van der Waals surface area contributed by atoms with Gasteiger partial charge in [0, 0.05) is 17.6 Å². The maximum absolute atomic E-state index is 11.9. The minimum Gasteiger partial charge on any atom is -0.478 e. The zero-order chi connectivity index (χ0) is 19.3. The third-order valence-electron chi connectivity index (χ3n) is 3.84. The molecule has 0 saturated carbocycles. The van der Waals surface area contributed by atoms with Crippen LogP contribution in [0.2, 0.25) is 5.02 Å². The van der Waals surface area contributed by atoms with E-state index in [9.17, 15) is 9.59 Å². The minimum absolute atomic E-state index is 0.00513. The Morgan fingerprint density at radius 3 is 2.73 bits per heavy atom. The summed E-state index contributed by atoms with van der Waals surface area (Å²) in [7, 11) is 0. The van der Waals surface area contributed by atoms with Gasteiger partial charge in [-0.3, -0.25) is 9.78 Å². The summed E-state index contributed by atoms with van der Waals surface area (Å²) < 4.78 is 11.3. The topological polar surface area (TPSA) is 77.5 Å². The maximum atomic E-state index is 11.9. The molecule has 1 unspecified atom stereocenters. The molecule has 0 bridgehead atoms. The lowest BCUT2D eigenvalue weighted by Crippen LogP contribution is -2.39. The van der Waals surface area contributed by atoms with Crippen molar-refractivity contribution in [1.82, 2.24) is 10.3 Å². The molecule has 0 aliphatic rings. The van der Waals surface area contributed by atoms with Crippen molar-refractivity contribution < 1.29 is 19.1 Å². The van der Waals surface area contributed by atoms with Crippen LogP contribution in [-0.4, -0.2) is 36.1 Å². The molecule has 1 aromatic heterocycles. The van der Waals surface area contributed by atoms with Crippen LogP contribution in [-0.2, 0) is 14.3 Å². The van der Waals surface area contributed by atoms with E-state index < -0.39 is 5.97 Å². The van der Waals surface area contributed by atoms with Crippen molar-refractivity contribution in [2.24, 2.45) is 5.92 Å². The molecule has 1 atom stereocenters. The SMILES string of the molecule is CC(C)C(C)NC(=O)COC(=O)COc1c(I)cc(Cl)c2cccnc12. The summed E-state index contributed by atoms with van der Waals surface area (Å²) in [6, 6.07) is 5.35. The molecule has 0 radical (unpaired) electrons. The van der Waals surface area contributed by atoms with Gasteiger partial charge in [-0.05, 0) is 53.6 Å². The van der Waals surface area contributed by atoms with Crippen molar-refractivity contribution in [3.63, 3.8) is 0 Å². The van der Waals surface area contributed by atoms with Gasteiger partial charge in [0.05, 0.1) is 8.59 Å². The van der Waals surface area contributed by atoms with Crippen LogP contribution in [0.3, 0.4) is 0 Å². The van der Waals surface area contributed by atoms with Gasteiger partial charge in [-0.1, -0.05) is 25.4 Å². The number of nitrogens with one attached hydrogen (secondary N) is 1. The second-order valence-electron chi connectivity index (χ2n) is 6.12. The van der Waals surface area contributed by atoms with Crippen LogP contribution in [0.25, 0.3) is 10.9 Å². The van der Waals surface area contributed by atoms with Gasteiger partial charge in [-0.25, -0.2) is 4.79 Å². The molecule has 1 amide bonds. The fraction of sp³-hybridized carbons (Fsp3) is 0.389. The van der Waals surface area contributed by atoms with Crippen LogP contribution in [0.5, 0.6) is 5.75 Å². The van der Waals surface area contributed by atoms with E-state index in [0.717, 1.165) is 8.96 Å². The number of hydrogen-bond acceptors (Lipinski definition) is 5. The Morgan fingerprint density at radius 2 is 2.04 bits per heavy atom. The van der Waals surface area contributed by atoms with Gasteiger partial charge in [0.25, 0.3) is 5.91 Å². The fourth-order valence-corrected chi connectivity index (χ4v) is 3.23. The lowest BCUT2D eigenvalue weighted by Gasteiger charge is -2.17. The Hall–Kier alpha value is -1.61. The lowest BCUT2D eigenvalue weighted by atomic mass is 10.1. The van der Waals surface area contributed by atoms with E-state index in [1.807, 2.05) is 26.8 Å². The van der Waals surface area contributed by atoms with E-state index in [1.54, 1.807) is 18.3 Å². The Labute approximate surface area is 170 Å². The van der Waals surface area contributed by atoms with Crippen molar-refractivity contribution in [3.05, 3.63) is 33.0 Å². The highest BCUT2D eigenvalue weighted by molar-refractivity contribution is 14.1. The lowest BCUT2D eigenvalue weighted by molar-refractivity contribution is -0.150. The normalized spacial score (nSPS) is 12.1. The quantitative estimate of drug-likeness (QED) is 0.474. The van der Waals surface area contributed by atoms with E-state index in [2.05, 4.69) is 32.9 Å². The number of esters is 1. The number of benzene rings is 1. The Kier molecular flexibility index (Phi) is 7.45. The molecular weight excluding hydrogens is 471 g/mol. The first-order valence-corrected chi connectivity index (χ1v) is 9.55. The number of carbonyl (C=O) groups excluding carboxylic acids is 2. The number of hydrogen-bond donors (Lipinski definition) is 1. The minimum atomic E-state index is -0.632. The van der Waals surface area contributed by atoms with Crippen LogP contribution in [0.4, 0.5) is 0 Å². The third kappa shape index (κ3) is 5.44. The van der Waals surface area contributed by atoms with Gasteiger partial charge in [0.1, 0.15) is 5.52 Å². The summed E-state index contributed by atoms with van der Waals surface area (Å²) >= 11 is 8.28. The number of halogens is 2. The Morgan fingerprint density at radius 1 is 1.31 bits per heavy atom. The number of aromatic nitrogens is 1. The van der Waals surface area contributed by atoms with E-state index in [4.69, 9.17) is 21.1 Å². The molecule has 0 aliphatic carbocycles. The van der Waals surface area contributed by atoms with Crippen molar-refractivity contribution in [1.29, 1.82) is 0 Å². The molecule has 1 aromatic carbocycles. The molecule has 1 N–H and O–H groups in total. The van der Waals surface area contributed by atoms with Gasteiger partial charge in [0.15, 0.2) is 19.0 Å². The second-order valence-corrected chi connectivity index (χ2v) is 7.69. The van der Waals surface area contributed by atoms with E-state index in [-0.39, 0.29) is 25.2 Å². The number of ether oxygens (including phenoxy) is 2. The maximum Gasteiger partial charge on any atom is 0.344 e. The van der Waals surface area contributed by atoms with E-state index >= 15 is 0 Å². The van der Waals surface area contributed by atoms with Crippen LogP contribution in [0, 0.1) is 9.49 Å². The first kappa shape index (κ1) is 20.7. The summed E-state index contributed by atoms with van der Waals surface area (Å²) in [6.45, 7) is 5.23. The largest absolute Gasteiger partial charge is 0.478 e. The molecule has 0 fully saturated rings. The van der Waals surface area contributed by atoms with Gasteiger partial charge < -0.3 is 14.8 Å². The van der Waals surface area contributed by atoms with Gasteiger partial charge in [0.2, 0.25) is 0 Å². The van der Waals surface area contributed by atoms with Crippen molar-refractivity contribution in [2.75, 3.05) is 13.2 Å². The fourth-order valence-electron chi connectivity index (χ4n) is 2.07. The predicted octanol–water partition coefficient (Wildman–Crippen LogP) is 3.58. The van der Waals surface area contributed by atoms with Gasteiger partial charge in [-0.15, -0.1) is 0 Å². The molecule has 6 nitrogen and oxygen atoms in total. The third-order valence-corrected chi connectivity index (χ3v) is 4.95. The zero-order valence-corrected chi connectivity index (χ0v) is 17.6. The second kappa shape index (κ2) is 9.36. The number of fused-ring (bicyclic) bond motifs is 1. The first-order chi connectivity index (χ1) is 12.3. The standard InChI is InChI=1S/C18H20ClIN2O4/c1-10(2)11(3)22-15(23)8-25-16(24)9-26-18-14(20)7-13(19)12-5-4-6-21-17(12)18/h4-7,10-11H,8-9H2,1-3H3,(H,22,23). The number of rotatable bonds is 7. The van der Waals surface area contributed by atoms with E-state index in [0.29, 0.717) is 22.2 Å². The highest BCUT2D eigenvalue weighted by atomic mass is 127. The van der Waals surface area contributed by atoms with Gasteiger partial charge in [-0.2, -0.15) is 0 Å². The number of pyridine rings is 1. The summed E-state index contributed by atoms with van der Waals surface area (Å²) in [4.78, 5) is 27.9. The molecule has 8 heteroatoms. The molecule has 2 rings (SSSR count). The van der Waals surface area contributed by atoms with Crippen LogP contribution < -0.4 is 10.1 Å². The van der Waals surface area contributed by atoms with Gasteiger partial charge >= 0.3 is 5.97 Å². The monoisotopic (exact) mass is 490 g/mol. The van der Waals surface area contributed by atoms with Crippen molar-refractivity contribution >= 4 is 57.0 Å². The Bertz CT molecular complexity index is 813. The number of nitrogens with zero attached hydrogens (tertiary/aromatic N) is 1. The summed E-state index contributed by atoms with van der Waals surface area (Å²) in [5.41, 5.74) is 0.570. The smallest absolute Gasteiger partial charge is 0.344 e. The van der Waals surface area contributed by atoms with Crippen LogP contribution in [0.1, 0.15) is 20.8 Å². The zero-order valence-electron chi connectivity index (χ0n) is 14.7. The summed E-state index contributed by atoms with van der Waals surface area (Å²) in [5.74, 6) is -0.217. The van der Waals surface area contributed by atoms with Crippen molar-refractivity contribution in [2.45, 2.75) is 26.8 Å². The predicted molar refractivity (Wildman–Crippen MR) is 108 cm³/mol. The van der Waals surface area contributed by atoms with Crippen molar-refractivity contribution in [3.8, 4) is 5.75 Å². The molecular formula is C18H20ClIN2O4. The first-order valence-electron chi connectivity index (χ1n) is 8.10. The number of carbonyl (C=O) groups is 2. The van der Waals surface area contributed by atoms with Crippen LogP contribution in [0.15, 0.2) is 24.4 Å². The summed E-state index contributed by atoms with van der Waals surface area (Å²) in [5, 5.41) is 4.06. The molecule has 0 aliphatic heterocycles. The highest BCUT2D eigenvalue weighted by Crippen LogP contribution is 2.34. The molecule has 0 saturated heterocycles. The molecule has 140 valence electrons. The molecule has 0 spiro atoms. The molecule has 1 heterocycles. The molecule has 2 aromatic rings.